The van der Waals surface area contributed by atoms with Crippen LogP contribution in [-0.4, -0.2) is 36.4 Å². The third-order valence-corrected chi connectivity index (χ3v) is 3.84. The van der Waals surface area contributed by atoms with Gasteiger partial charge in [-0.3, -0.25) is 0 Å². The number of nitrogens with zero attached hydrogens (tertiary/aromatic N) is 2. The van der Waals surface area contributed by atoms with E-state index in [1.54, 1.807) is 7.11 Å². The highest BCUT2D eigenvalue weighted by atomic mass is 32.1. The van der Waals surface area contributed by atoms with Gasteiger partial charge < -0.3 is 19.5 Å². The minimum absolute atomic E-state index is 0.312. The van der Waals surface area contributed by atoms with E-state index < -0.39 is 0 Å². The number of methoxy groups -OCH3 is 1. The van der Waals surface area contributed by atoms with E-state index in [1.165, 1.54) is 17.1 Å². The van der Waals surface area contributed by atoms with Crippen LogP contribution in [0.2, 0.25) is 0 Å². The Kier molecular flexibility index (Phi) is 4.52. The Bertz CT molecular complexity index is 603. The fourth-order valence-corrected chi connectivity index (χ4v) is 2.67. The molecule has 1 aromatic heterocycles. The quantitative estimate of drug-likeness (QED) is 0.845. The summed E-state index contributed by atoms with van der Waals surface area (Å²) >= 11 is 1.38. The average Bonchev–Trinajstić information content (AvgIpc) is 3.13. The fraction of sp³-hybridized carbons (Fsp3) is 0.429. The molecular weight excluding hydrogens is 290 g/mol. The van der Waals surface area contributed by atoms with Gasteiger partial charge in [0.2, 0.25) is 11.9 Å². The molecule has 0 spiro atoms. The van der Waals surface area contributed by atoms with Crippen molar-refractivity contribution in [2.75, 3.05) is 32.4 Å². The topological polar surface area (TPSA) is 65.5 Å². The first-order chi connectivity index (χ1) is 10.3. The molecule has 2 heterocycles. The number of rotatable bonds is 7. The Labute approximate surface area is 127 Å². The number of hydrogen-bond donors (Lipinski definition) is 1. The molecule has 0 aliphatic carbocycles. The van der Waals surface area contributed by atoms with Crippen molar-refractivity contribution in [2.24, 2.45) is 0 Å². The number of nitrogens with one attached hydrogen (secondary N) is 1. The smallest absolute Gasteiger partial charge is 0.231 e. The molecule has 0 fully saturated rings. The molecule has 0 saturated heterocycles. The fourth-order valence-electron chi connectivity index (χ4n) is 2.03. The van der Waals surface area contributed by atoms with Gasteiger partial charge in [0.1, 0.15) is 5.82 Å². The largest absolute Gasteiger partial charge is 0.454 e. The van der Waals surface area contributed by atoms with E-state index in [1.807, 2.05) is 12.1 Å². The molecule has 0 unspecified atom stereocenters. The summed E-state index contributed by atoms with van der Waals surface area (Å²) in [4.78, 5) is 4.41. The third kappa shape index (κ3) is 3.62. The summed E-state index contributed by atoms with van der Waals surface area (Å²) in [6.45, 7) is 1.76. The highest BCUT2D eigenvalue weighted by Crippen LogP contribution is 2.32. The van der Waals surface area contributed by atoms with E-state index in [4.69, 9.17) is 14.2 Å². The second kappa shape index (κ2) is 6.73. The summed E-state index contributed by atoms with van der Waals surface area (Å²) in [7, 11) is 1.68. The van der Waals surface area contributed by atoms with Crippen LogP contribution in [0.25, 0.3) is 0 Å². The molecule has 0 saturated carbocycles. The Morgan fingerprint density at radius 3 is 3.10 bits per heavy atom. The first kappa shape index (κ1) is 14.1. The summed E-state index contributed by atoms with van der Waals surface area (Å²) in [5.41, 5.74) is 1.20. The van der Waals surface area contributed by atoms with Crippen molar-refractivity contribution in [1.82, 2.24) is 9.36 Å². The van der Waals surface area contributed by atoms with Crippen molar-refractivity contribution in [3.8, 4) is 11.5 Å². The van der Waals surface area contributed by atoms with Crippen LogP contribution >= 0.6 is 11.5 Å². The zero-order valence-electron chi connectivity index (χ0n) is 11.8. The lowest BCUT2D eigenvalue weighted by molar-refractivity contribution is 0.174. The Morgan fingerprint density at radius 1 is 1.29 bits per heavy atom. The van der Waals surface area contributed by atoms with Gasteiger partial charge in [0.05, 0.1) is 6.61 Å². The normalized spacial score (nSPS) is 12.6. The molecule has 112 valence electrons. The monoisotopic (exact) mass is 307 g/mol. The summed E-state index contributed by atoms with van der Waals surface area (Å²) in [6, 6.07) is 6.03. The first-order valence-electron chi connectivity index (χ1n) is 6.79. The lowest BCUT2D eigenvalue weighted by Crippen LogP contribution is -2.05. The number of aromatic nitrogens is 2. The van der Waals surface area contributed by atoms with Crippen LogP contribution in [0.3, 0.4) is 0 Å². The van der Waals surface area contributed by atoms with Crippen LogP contribution in [0, 0.1) is 0 Å². The molecule has 1 N–H and O–H groups in total. The number of ether oxygens (including phenoxy) is 3. The highest BCUT2D eigenvalue weighted by Gasteiger charge is 2.13. The molecule has 7 heteroatoms. The lowest BCUT2D eigenvalue weighted by atomic mass is 10.1. The number of anilines is 1. The Hall–Kier alpha value is -1.86. The average molecular weight is 307 g/mol. The summed E-state index contributed by atoms with van der Waals surface area (Å²) in [5.74, 6) is 2.47. The number of hydrogen-bond acceptors (Lipinski definition) is 7. The van der Waals surface area contributed by atoms with Crippen molar-refractivity contribution in [3.05, 3.63) is 29.6 Å². The van der Waals surface area contributed by atoms with Crippen LogP contribution in [0.15, 0.2) is 18.2 Å². The third-order valence-electron chi connectivity index (χ3n) is 3.12. The minimum Gasteiger partial charge on any atom is -0.454 e. The summed E-state index contributed by atoms with van der Waals surface area (Å²) in [5, 5.41) is 4.14. The van der Waals surface area contributed by atoms with Gasteiger partial charge >= 0.3 is 0 Å². The van der Waals surface area contributed by atoms with Gasteiger partial charge in [-0.25, -0.2) is 4.98 Å². The molecule has 3 rings (SSSR count). The van der Waals surface area contributed by atoms with Crippen molar-refractivity contribution in [1.29, 1.82) is 0 Å². The summed E-state index contributed by atoms with van der Waals surface area (Å²) < 4.78 is 20.0. The maximum absolute atomic E-state index is 5.37. The Morgan fingerprint density at radius 2 is 2.19 bits per heavy atom. The van der Waals surface area contributed by atoms with Crippen LogP contribution in [0.5, 0.6) is 11.5 Å². The zero-order valence-corrected chi connectivity index (χ0v) is 12.6. The predicted octanol–water partition coefficient (Wildman–Crippen LogP) is 2.11. The molecule has 21 heavy (non-hydrogen) atoms. The molecule has 0 radical (unpaired) electrons. The van der Waals surface area contributed by atoms with Crippen molar-refractivity contribution >= 4 is 16.7 Å². The lowest BCUT2D eigenvalue weighted by Gasteiger charge is -2.04. The van der Waals surface area contributed by atoms with Gasteiger partial charge in [0.25, 0.3) is 0 Å². The van der Waals surface area contributed by atoms with Crippen LogP contribution in [-0.2, 0) is 17.6 Å². The standard InChI is InChI=1S/C14H17N3O3S/c1-18-7-5-13-16-14(21-17-13)15-6-4-10-2-3-11-12(8-10)20-9-19-11/h2-3,8H,4-7,9H2,1H3,(H,15,16,17). The molecule has 0 bridgehead atoms. The van der Waals surface area contributed by atoms with E-state index in [0.717, 1.165) is 41.8 Å². The van der Waals surface area contributed by atoms with Gasteiger partial charge in [-0.05, 0) is 24.1 Å². The molecular formula is C14H17N3O3S. The van der Waals surface area contributed by atoms with Crippen molar-refractivity contribution in [3.63, 3.8) is 0 Å². The first-order valence-corrected chi connectivity index (χ1v) is 7.56. The minimum atomic E-state index is 0.312. The molecule has 6 nitrogen and oxygen atoms in total. The second-order valence-electron chi connectivity index (χ2n) is 4.62. The molecule has 1 aromatic carbocycles. The molecule has 0 amide bonds. The van der Waals surface area contributed by atoms with Gasteiger partial charge in [-0.2, -0.15) is 4.37 Å². The van der Waals surface area contributed by atoms with E-state index in [-0.39, 0.29) is 0 Å². The summed E-state index contributed by atoms with van der Waals surface area (Å²) in [6.07, 6.45) is 1.64. The predicted molar refractivity (Wildman–Crippen MR) is 80.2 cm³/mol. The van der Waals surface area contributed by atoms with Gasteiger partial charge in [-0.1, -0.05) is 6.07 Å². The number of fused-ring (bicyclic) bond motifs is 1. The van der Waals surface area contributed by atoms with Crippen LogP contribution in [0.4, 0.5) is 5.13 Å². The molecule has 1 aliphatic rings. The van der Waals surface area contributed by atoms with E-state index >= 15 is 0 Å². The maximum atomic E-state index is 5.37. The van der Waals surface area contributed by atoms with E-state index in [9.17, 15) is 0 Å². The van der Waals surface area contributed by atoms with Gasteiger partial charge in [-0.15, -0.1) is 0 Å². The molecule has 2 aromatic rings. The van der Waals surface area contributed by atoms with Gasteiger partial charge in [0, 0.05) is 31.6 Å². The van der Waals surface area contributed by atoms with Crippen LogP contribution < -0.4 is 14.8 Å². The molecule has 0 atom stereocenters. The van der Waals surface area contributed by atoms with E-state index in [2.05, 4.69) is 20.7 Å². The number of benzene rings is 1. The molecule has 1 aliphatic heterocycles. The highest BCUT2D eigenvalue weighted by molar-refractivity contribution is 7.09. The Balaban J connectivity index is 1.48. The van der Waals surface area contributed by atoms with Crippen molar-refractivity contribution in [2.45, 2.75) is 12.8 Å². The SMILES string of the molecule is COCCc1nsc(NCCc2ccc3c(c2)OCO3)n1. The van der Waals surface area contributed by atoms with Crippen molar-refractivity contribution < 1.29 is 14.2 Å². The zero-order chi connectivity index (χ0) is 14.5. The van der Waals surface area contributed by atoms with Crippen LogP contribution in [0.1, 0.15) is 11.4 Å². The maximum Gasteiger partial charge on any atom is 0.231 e. The van der Waals surface area contributed by atoms with E-state index in [0.29, 0.717) is 13.4 Å². The second-order valence-corrected chi connectivity index (χ2v) is 5.37. The van der Waals surface area contributed by atoms with Gasteiger partial charge in [0.15, 0.2) is 11.5 Å².